The molecule has 0 spiro atoms. The molecule has 6 heteroatoms. The third kappa shape index (κ3) is 3.44. The maximum absolute atomic E-state index is 11.6. The summed E-state index contributed by atoms with van der Waals surface area (Å²) in [6.07, 6.45) is -0.0726. The summed E-state index contributed by atoms with van der Waals surface area (Å²) in [4.78, 5) is 26.7. The Kier molecular flexibility index (Phi) is 4.48. The number of rotatable bonds is 4. The van der Waals surface area contributed by atoms with Crippen molar-refractivity contribution < 1.29 is 19.4 Å². The van der Waals surface area contributed by atoms with Crippen LogP contribution in [0.15, 0.2) is 4.99 Å². The minimum absolute atomic E-state index is 0.192. The first-order chi connectivity index (χ1) is 7.95. The van der Waals surface area contributed by atoms with E-state index in [-0.39, 0.29) is 18.4 Å². The van der Waals surface area contributed by atoms with E-state index in [1.165, 1.54) is 0 Å². The van der Waals surface area contributed by atoms with Crippen LogP contribution >= 0.6 is 0 Å². The molecule has 0 amide bonds. The van der Waals surface area contributed by atoms with Crippen molar-refractivity contribution in [2.45, 2.75) is 39.3 Å². The topological polar surface area (TPSA) is 88.0 Å². The second-order valence-electron chi connectivity index (χ2n) is 4.17. The Morgan fingerprint density at radius 2 is 2.29 bits per heavy atom. The largest absolute Gasteiger partial charge is 0.480 e. The van der Waals surface area contributed by atoms with Crippen molar-refractivity contribution in [1.82, 2.24) is 5.32 Å². The van der Waals surface area contributed by atoms with E-state index >= 15 is 0 Å². The molecule has 17 heavy (non-hydrogen) atoms. The molecule has 2 N–H and O–H groups in total. The molecule has 1 aliphatic heterocycles. The summed E-state index contributed by atoms with van der Waals surface area (Å²) < 4.78 is 5.18. The van der Waals surface area contributed by atoms with Crippen LogP contribution in [0.5, 0.6) is 0 Å². The van der Waals surface area contributed by atoms with Crippen LogP contribution in [-0.2, 0) is 14.3 Å². The van der Waals surface area contributed by atoms with Crippen molar-refractivity contribution in [1.29, 1.82) is 0 Å². The normalized spacial score (nSPS) is 25.5. The molecule has 0 fully saturated rings. The number of hydrogen-bond acceptors (Lipinski definition) is 5. The van der Waals surface area contributed by atoms with Gasteiger partial charge in [0, 0.05) is 0 Å². The van der Waals surface area contributed by atoms with E-state index in [4.69, 9.17) is 9.84 Å². The van der Waals surface area contributed by atoms with E-state index in [9.17, 15) is 9.59 Å². The molecule has 3 atom stereocenters. The zero-order valence-corrected chi connectivity index (χ0v) is 10.3. The van der Waals surface area contributed by atoms with E-state index in [1.54, 1.807) is 13.8 Å². The molecule has 1 rings (SSSR count). The summed E-state index contributed by atoms with van der Waals surface area (Å²) in [5.41, 5.74) is 0. The quantitative estimate of drug-likeness (QED) is 0.697. The van der Waals surface area contributed by atoms with E-state index in [1.807, 2.05) is 6.92 Å². The van der Waals surface area contributed by atoms with E-state index < -0.39 is 18.1 Å². The van der Waals surface area contributed by atoms with Gasteiger partial charge in [-0.25, -0.2) is 4.79 Å². The van der Waals surface area contributed by atoms with Gasteiger partial charge in [-0.1, -0.05) is 13.8 Å². The second-order valence-corrected chi connectivity index (χ2v) is 4.17. The summed E-state index contributed by atoms with van der Waals surface area (Å²) >= 11 is 0. The number of amidine groups is 1. The van der Waals surface area contributed by atoms with Crippen LogP contribution < -0.4 is 5.32 Å². The maximum Gasteiger partial charge on any atom is 0.330 e. The van der Waals surface area contributed by atoms with Crippen LogP contribution in [-0.4, -0.2) is 41.6 Å². The Bertz CT molecular complexity index is 340. The van der Waals surface area contributed by atoms with Crippen LogP contribution in [0, 0.1) is 5.92 Å². The van der Waals surface area contributed by atoms with Crippen molar-refractivity contribution in [2.75, 3.05) is 6.54 Å². The van der Waals surface area contributed by atoms with Gasteiger partial charge >= 0.3 is 11.9 Å². The fraction of sp³-hybridized carbons (Fsp3) is 0.727. The molecule has 6 nitrogen and oxygen atoms in total. The molecule has 0 aliphatic carbocycles. The molecule has 0 aromatic heterocycles. The van der Waals surface area contributed by atoms with Gasteiger partial charge in [0.25, 0.3) is 0 Å². The van der Waals surface area contributed by atoms with E-state index in [0.29, 0.717) is 12.3 Å². The van der Waals surface area contributed by atoms with Crippen LogP contribution in [0.25, 0.3) is 0 Å². The van der Waals surface area contributed by atoms with Crippen molar-refractivity contribution in [3.63, 3.8) is 0 Å². The molecule has 3 unspecified atom stereocenters. The molecule has 0 bridgehead atoms. The highest BCUT2D eigenvalue weighted by Crippen LogP contribution is 2.11. The fourth-order valence-electron chi connectivity index (χ4n) is 1.45. The van der Waals surface area contributed by atoms with Crippen molar-refractivity contribution in [2.24, 2.45) is 10.9 Å². The van der Waals surface area contributed by atoms with Gasteiger partial charge in [-0.2, -0.15) is 0 Å². The van der Waals surface area contributed by atoms with Gasteiger partial charge in [-0.15, -0.1) is 0 Å². The lowest BCUT2D eigenvalue weighted by Crippen LogP contribution is -2.54. The fourth-order valence-corrected chi connectivity index (χ4v) is 1.45. The number of nitrogens with one attached hydrogen (secondary N) is 1. The van der Waals surface area contributed by atoms with Gasteiger partial charge in [-0.3, -0.25) is 9.79 Å². The molecule has 1 aliphatic rings. The summed E-state index contributed by atoms with van der Waals surface area (Å²) in [5.74, 6) is -1.09. The van der Waals surface area contributed by atoms with Crippen molar-refractivity contribution in [3.8, 4) is 0 Å². The van der Waals surface area contributed by atoms with Crippen molar-refractivity contribution >= 4 is 17.8 Å². The molecule has 0 saturated carbocycles. The summed E-state index contributed by atoms with van der Waals surface area (Å²) in [5, 5.41) is 11.7. The van der Waals surface area contributed by atoms with Crippen LogP contribution in [0.2, 0.25) is 0 Å². The number of ether oxygens (including phenoxy) is 1. The van der Waals surface area contributed by atoms with E-state index in [2.05, 4.69) is 10.3 Å². The minimum Gasteiger partial charge on any atom is -0.480 e. The Morgan fingerprint density at radius 3 is 2.82 bits per heavy atom. The lowest BCUT2D eigenvalue weighted by molar-refractivity contribution is -0.158. The van der Waals surface area contributed by atoms with Gasteiger partial charge in [-0.05, 0) is 13.3 Å². The Morgan fingerprint density at radius 1 is 1.65 bits per heavy atom. The van der Waals surface area contributed by atoms with Gasteiger partial charge < -0.3 is 15.2 Å². The molecular formula is C11H18N2O4. The molecule has 96 valence electrons. The van der Waals surface area contributed by atoms with E-state index in [0.717, 1.165) is 0 Å². The number of carbonyl (C=O) groups is 2. The molecule has 0 aromatic carbocycles. The molecule has 1 heterocycles. The monoisotopic (exact) mass is 242 g/mol. The van der Waals surface area contributed by atoms with Crippen molar-refractivity contribution in [3.05, 3.63) is 0 Å². The predicted molar refractivity (Wildman–Crippen MR) is 61.9 cm³/mol. The molecule has 0 saturated heterocycles. The standard InChI is InChI=1S/C11H18N2O4/c1-4-6(2)11(16)17-8-5-12-7(3)13-9(8)10(14)15/h6,8-9H,4-5H2,1-3H3,(H,12,13)(H,14,15). The first-order valence-corrected chi connectivity index (χ1v) is 5.66. The van der Waals surface area contributed by atoms with Crippen LogP contribution in [0.3, 0.4) is 0 Å². The summed E-state index contributed by atoms with van der Waals surface area (Å²) in [6, 6.07) is -0.916. The number of hydrogen-bond donors (Lipinski definition) is 2. The lowest BCUT2D eigenvalue weighted by atomic mass is 10.1. The maximum atomic E-state index is 11.6. The zero-order chi connectivity index (χ0) is 13.0. The summed E-state index contributed by atoms with van der Waals surface area (Å²) in [6.45, 7) is 5.51. The van der Waals surface area contributed by atoms with Gasteiger partial charge in [0.2, 0.25) is 0 Å². The van der Waals surface area contributed by atoms with Gasteiger partial charge in [0.1, 0.15) is 0 Å². The highest BCUT2D eigenvalue weighted by molar-refractivity contribution is 5.87. The molecular weight excluding hydrogens is 224 g/mol. The number of carboxylic acid groups (broad SMARTS) is 1. The first-order valence-electron chi connectivity index (χ1n) is 5.66. The highest BCUT2D eigenvalue weighted by atomic mass is 16.5. The second kappa shape index (κ2) is 5.65. The predicted octanol–water partition coefficient (Wildman–Crippen LogP) is 0.419. The number of carboxylic acids is 1. The SMILES string of the molecule is CCC(C)C(=O)OC1CN=C(C)NC1C(=O)O. The highest BCUT2D eigenvalue weighted by Gasteiger charge is 2.34. The minimum atomic E-state index is -1.04. The Labute approximate surface area is 100 Å². The smallest absolute Gasteiger partial charge is 0.330 e. The number of nitrogens with zero attached hydrogens (tertiary/aromatic N) is 1. The van der Waals surface area contributed by atoms with Crippen LogP contribution in [0.1, 0.15) is 27.2 Å². The number of esters is 1. The average Bonchev–Trinajstić information content (AvgIpc) is 2.29. The van der Waals surface area contributed by atoms with Gasteiger partial charge in [0.15, 0.2) is 12.1 Å². The number of aliphatic carboxylic acids is 1. The third-order valence-electron chi connectivity index (χ3n) is 2.79. The number of aliphatic imine (C=N–C) groups is 1. The first kappa shape index (κ1) is 13.5. The third-order valence-corrected chi connectivity index (χ3v) is 2.79. The molecule has 0 radical (unpaired) electrons. The van der Waals surface area contributed by atoms with Crippen LogP contribution in [0.4, 0.5) is 0 Å². The average molecular weight is 242 g/mol. The Balaban J connectivity index is 2.68. The molecule has 0 aromatic rings. The van der Waals surface area contributed by atoms with Gasteiger partial charge in [0.05, 0.1) is 18.3 Å². The lowest BCUT2D eigenvalue weighted by Gasteiger charge is -2.28. The number of carbonyl (C=O) groups excluding carboxylic acids is 1. The summed E-state index contributed by atoms with van der Waals surface area (Å²) in [7, 11) is 0. The Hall–Kier alpha value is -1.59. The zero-order valence-electron chi connectivity index (χ0n) is 10.3.